The maximum atomic E-state index is 6.41. The van der Waals surface area contributed by atoms with E-state index in [-0.39, 0.29) is 6.10 Å². The Morgan fingerprint density at radius 2 is 2.00 bits per heavy atom. The van der Waals surface area contributed by atoms with Gasteiger partial charge >= 0.3 is 0 Å². The molecule has 0 amide bonds. The molecular weight excluding hydrogens is 358 g/mol. The van der Waals surface area contributed by atoms with Gasteiger partial charge < -0.3 is 9.47 Å². The van der Waals surface area contributed by atoms with Crippen LogP contribution in [0.4, 0.5) is 0 Å². The molecule has 3 nitrogen and oxygen atoms in total. The maximum Gasteiger partial charge on any atom is 0.123 e. The summed E-state index contributed by atoms with van der Waals surface area (Å²) in [4.78, 5) is 4.23. The second-order valence-electron chi connectivity index (χ2n) is 8.29. The first-order valence-electron chi connectivity index (χ1n) is 11.5. The summed E-state index contributed by atoms with van der Waals surface area (Å²) in [7, 11) is 0. The maximum absolute atomic E-state index is 6.41. The van der Waals surface area contributed by atoms with E-state index >= 15 is 0 Å². The van der Waals surface area contributed by atoms with Crippen molar-refractivity contribution in [3.8, 4) is 5.75 Å². The van der Waals surface area contributed by atoms with Crippen LogP contribution in [0.3, 0.4) is 0 Å². The Balaban J connectivity index is 1.70. The third-order valence-electron chi connectivity index (χ3n) is 5.88. The molecule has 0 N–H and O–H groups in total. The molecule has 1 aromatic rings. The highest BCUT2D eigenvalue weighted by molar-refractivity contribution is 5.73. The fourth-order valence-electron chi connectivity index (χ4n) is 4.14. The number of allylic oxidation sites excluding steroid dienone is 2. The molecule has 1 atom stereocenters. The summed E-state index contributed by atoms with van der Waals surface area (Å²) in [5.41, 5.74) is 4.02. The van der Waals surface area contributed by atoms with E-state index < -0.39 is 0 Å². The Kier molecular flexibility index (Phi) is 9.01. The van der Waals surface area contributed by atoms with Crippen molar-refractivity contribution in [1.82, 2.24) is 0 Å². The number of hydrogen-bond donors (Lipinski definition) is 0. The van der Waals surface area contributed by atoms with E-state index in [0.29, 0.717) is 6.10 Å². The SMILES string of the molecule is CCCCOC(CC1=CC=NC=CC1)Cc1ccc(CC)c(OC2CCCC2)c1. The predicted molar refractivity (Wildman–Crippen MR) is 122 cm³/mol. The van der Waals surface area contributed by atoms with Crippen LogP contribution in [0.5, 0.6) is 5.75 Å². The van der Waals surface area contributed by atoms with Crippen molar-refractivity contribution in [1.29, 1.82) is 0 Å². The van der Waals surface area contributed by atoms with Crippen LogP contribution in [0.15, 0.2) is 47.1 Å². The standard InChI is InChI=1S/C26H37NO2/c1-3-5-17-28-25(18-21-9-8-15-27-16-14-21)19-22-12-13-23(4-2)26(20-22)29-24-10-6-7-11-24/h8,12-16,20,24-25H,3-7,9-11,17-19H2,1-2H3. The molecule has 0 aromatic heterocycles. The summed E-state index contributed by atoms with van der Waals surface area (Å²) < 4.78 is 12.7. The van der Waals surface area contributed by atoms with Crippen LogP contribution >= 0.6 is 0 Å². The van der Waals surface area contributed by atoms with Crippen molar-refractivity contribution in [3.05, 3.63) is 53.3 Å². The predicted octanol–water partition coefficient (Wildman–Crippen LogP) is 6.60. The zero-order valence-corrected chi connectivity index (χ0v) is 18.2. The van der Waals surface area contributed by atoms with Crippen LogP contribution in [-0.2, 0) is 17.6 Å². The minimum Gasteiger partial charge on any atom is -0.490 e. The normalized spacial score (nSPS) is 17.9. The van der Waals surface area contributed by atoms with E-state index in [9.17, 15) is 0 Å². The average molecular weight is 396 g/mol. The van der Waals surface area contributed by atoms with Gasteiger partial charge in [-0.05, 0) is 81.1 Å². The molecule has 2 aliphatic rings. The summed E-state index contributed by atoms with van der Waals surface area (Å²) in [5, 5.41) is 0. The zero-order chi connectivity index (χ0) is 20.3. The molecule has 1 heterocycles. The van der Waals surface area contributed by atoms with E-state index in [1.54, 1.807) is 0 Å². The van der Waals surface area contributed by atoms with Crippen LogP contribution in [0, 0.1) is 0 Å². The number of ether oxygens (including phenoxy) is 2. The number of nitrogens with zero attached hydrogens (tertiary/aromatic N) is 1. The second-order valence-corrected chi connectivity index (χ2v) is 8.29. The molecule has 3 rings (SSSR count). The number of benzene rings is 1. The van der Waals surface area contributed by atoms with Crippen LogP contribution < -0.4 is 4.74 Å². The topological polar surface area (TPSA) is 30.8 Å². The van der Waals surface area contributed by atoms with Gasteiger partial charge in [0.15, 0.2) is 0 Å². The van der Waals surface area contributed by atoms with Gasteiger partial charge in [-0.25, -0.2) is 0 Å². The highest BCUT2D eigenvalue weighted by Crippen LogP contribution is 2.29. The van der Waals surface area contributed by atoms with Gasteiger partial charge in [0.05, 0.1) is 12.2 Å². The Bertz CT molecular complexity index is 713. The molecule has 0 radical (unpaired) electrons. The van der Waals surface area contributed by atoms with Gasteiger partial charge in [-0.1, -0.05) is 44.1 Å². The van der Waals surface area contributed by atoms with Crippen LogP contribution in [0.25, 0.3) is 0 Å². The molecular formula is C26H37NO2. The van der Waals surface area contributed by atoms with Crippen molar-refractivity contribution in [2.45, 2.75) is 90.3 Å². The third-order valence-corrected chi connectivity index (χ3v) is 5.88. The summed E-state index contributed by atoms with van der Waals surface area (Å²) in [5.74, 6) is 1.09. The zero-order valence-electron chi connectivity index (χ0n) is 18.2. The van der Waals surface area contributed by atoms with Gasteiger partial charge in [0.2, 0.25) is 0 Å². The first kappa shape index (κ1) is 21.8. The van der Waals surface area contributed by atoms with Crippen molar-refractivity contribution < 1.29 is 9.47 Å². The van der Waals surface area contributed by atoms with Gasteiger partial charge in [-0.2, -0.15) is 0 Å². The number of unbranched alkanes of at least 4 members (excludes halogenated alkanes) is 1. The Morgan fingerprint density at radius 1 is 1.14 bits per heavy atom. The molecule has 29 heavy (non-hydrogen) atoms. The Morgan fingerprint density at radius 3 is 2.79 bits per heavy atom. The van der Waals surface area contributed by atoms with E-state index in [4.69, 9.17) is 9.47 Å². The van der Waals surface area contributed by atoms with Crippen molar-refractivity contribution in [2.24, 2.45) is 4.99 Å². The van der Waals surface area contributed by atoms with Crippen molar-refractivity contribution >= 4 is 6.21 Å². The molecule has 1 saturated carbocycles. The van der Waals surface area contributed by atoms with E-state index in [1.807, 2.05) is 12.4 Å². The molecule has 1 unspecified atom stereocenters. The molecule has 158 valence electrons. The Labute approximate surface area is 176 Å². The summed E-state index contributed by atoms with van der Waals surface area (Å²) in [6.45, 7) is 5.25. The molecule has 0 spiro atoms. The lowest BCUT2D eigenvalue weighted by molar-refractivity contribution is 0.0516. The highest BCUT2D eigenvalue weighted by atomic mass is 16.5. The molecule has 1 aliphatic carbocycles. The minimum atomic E-state index is 0.194. The third kappa shape index (κ3) is 7.15. The van der Waals surface area contributed by atoms with E-state index in [0.717, 1.165) is 50.9 Å². The summed E-state index contributed by atoms with van der Waals surface area (Å²) in [6, 6.07) is 6.79. The fourth-order valence-corrected chi connectivity index (χ4v) is 4.14. The smallest absolute Gasteiger partial charge is 0.123 e. The van der Waals surface area contributed by atoms with Gasteiger partial charge in [0.25, 0.3) is 0 Å². The molecule has 1 aromatic carbocycles. The molecule has 0 bridgehead atoms. The minimum absolute atomic E-state index is 0.194. The van der Waals surface area contributed by atoms with Crippen LogP contribution in [-0.4, -0.2) is 25.0 Å². The first-order chi connectivity index (χ1) is 14.3. The van der Waals surface area contributed by atoms with Gasteiger partial charge in [-0.15, -0.1) is 0 Å². The fraction of sp³-hybridized carbons (Fsp3) is 0.577. The van der Waals surface area contributed by atoms with Gasteiger partial charge in [0, 0.05) is 19.0 Å². The quantitative estimate of drug-likeness (QED) is 0.395. The summed E-state index contributed by atoms with van der Waals surface area (Å²) in [6.07, 6.45) is 19.7. The molecule has 0 saturated heterocycles. The Hall–Kier alpha value is -1.87. The lowest BCUT2D eigenvalue weighted by Crippen LogP contribution is -2.18. The monoisotopic (exact) mass is 395 g/mol. The average Bonchev–Trinajstić information content (AvgIpc) is 3.10. The number of aryl methyl sites for hydroxylation is 1. The van der Waals surface area contributed by atoms with Gasteiger partial charge in [-0.3, -0.25) is 4.99 Å². The first-order valence-corrected chi connectivity index (χ1v) is 11.5. The second kappa shape index (κ2) is 12.0. The van der Waals surface area contributed by atoms with E-state index in [2.05, 4.69) is 49.2 Å². The number of aliphatic imine (C=N–C) groups is 1. The van der Waals surface area contributed by atoms with Crippen molar-refractivity contribution in [2.75, 3.05) is 6.61 Å². The molecule has 1 aliphatic heterocycles. The highest BCUT2D eigenvalue weighted by Gasteiger charge is 2.19. The van der Waals surface area contributed by atoms with Crippen LogP contribution in [0.2, 0.25) is 0 Å². The molecule has 3 heteroatoms. The van der Waals surface area contributed by atoms with Crippen molar-refractivity contribution in [3.63, 3.8) is 0 Å². The largest absolute Gasteiger partial charge is 0.490 e. The summed E-state index contributed by atoms with van der Waals surface area (Å²) >= 11 is 0. The number of rotatable bonds is 11. The van der Waals surface area contributed by atoms with Crippen LogP contribution in [0.1, 0.15) is 76.3 Å². The van der Waals surface area contributed by atoms with E-state index in [1.165, 1.54) is 42.4 Å². The number of hydrogen-bond acceptors (Lipinski definition) is 3. The lowest BCUT2D eigenvalue weighted by Gasteiger charge is -2.21. The molecule has 1 fully saturated rings. The lowest BCUT2D eigenvalue weighted by atomic mass is 9.97. The van der Waals surface area contributed by atoms with Gasteiger partial charge in [0.1, 0.15) is 5.75 Å².